The minimum Gasteiger partial charge on any atom is -0.355 e. The molecule has 10 aromatic rings. The third kappa shape index (κ3) is 4.65. The number of hydrogen-bond donors (Lipinski definition) is 0. The molecule has 0 unspecified atom stereocenters. The highest BCUT2D eigenvalue weighted by Crippen LogP contribution is 2.37. The molecule has 0 aliphatic carbocycles. The molecule has 0 fully saturated rings. The van der Waals surface area contributed by atoms with Crippen LogP contribution in [0.1, 0.15) is 0 Å². The predicted molar refractivity (Wildman–Crippen MR) is 201 cm³/mol. The molecule has 0 atom stereocenters. The first kappa shape index (κ1) is 29.2. The number of nitrogens with zero attached hydrogens (tertiary/aromatic N) is 2. The summed E-state index contributed by atoms with van der Waals surface area (Å²) in [6.45, 7) is 0. The van der Waals surface area contributed by atoms with Gasteiger partial charge in [0.15, 0.2) is 22.4 Å². The summed E-state index contributed by atoms with van der Waals surface area (Å²) in [7, 11) is 0. The summed E-state index contributed by atoms with van der Waals surface area (Å²) in [4.78, 5) is 26.2. The van der Waals surface area contributed by atoms with E-state index in [1.807, 2.05) is 158 Å². The first-order valence-corrected chi connectivity index (χ1v) is 16.3. The zero-order valence-corrected chi connectivity index (χ0v) is 26.5. The van der Waals surface area contributed by atoms with E-state index in [1.54, 1.807) is 0 Å². The number of benzene rings is 6. The Balaban J connectivity index is 0.000000135. The van der Waals surface area contributed by atoms with Crippen LogP contribution in [-0.2, 0) is 0 Å². The fourth-order valence-electron chi connectivity index (χ4n) is 6.88. The Labute approximate surface area is 284 Å². The van der Waals surface area contributed by atoms with Gasteiger partial charge in [-0.25, -0.2) is 0 Å². The van der Waals surface area contributed by atoms with Crippen molar-refractivity contribution in [3.05, 3.63) is 178 Å². The lowest BCUT2D eigenvalue weighted by Crippen LogP contribution is -1.97. The monoisotopic (exact) mass is 646 g/mol. The second-order valence-corrected chi connectivity index (χ2v) is 12.0. The van der Waals surface area contributed by atoms with Gasteiger partial charge in [0.2, 0.25) is 0 Å². The average Bonchev–Trinajstić information content (AvgIpc) is 3.80. The number of rotatable bonds is 2. The smallest absolute Gasteiger partial charge is 0.194 e. The molecular weight excluding hydrogens is 620 g/mol. The largest absolute Gasteiger partial charge is 0.355 e. The molecular formula is C44H26N2O4. The van der Waals surface area contributed by atoms with Crippen LogP contribution in [-0.4, -0.2) is 10.3 Å². The molecule has 50 heavy (non-hydrogen) atoms. The summed E-state index contributed by atoms with van der Waals surface area (Å²) in [5.41, 5.74) is 3.35. The quantitative estimate of drug-likeness (QED) is 0.186. The number of hydrogen-bond acceptors (Lipinski definition) is 6. The van der Waals surface area contributed by atoms with E-state index < -0.39 is 0 Å². The van der Waals surface area contributed by atoms with Crippen LogP contribution in [0.2, 0.25) is 0 Å². The van der Waals surface area contributed by atoms with E-state index in [9.17, 15) is 9.59 Å². The Hall–Kier alpha value is -6.92. The van der Waals surface area contributed by atoms with Crippen molar-refractivity contribution in [1.29, 1.82) is 0 Å². The minimum atomic E-state index is 0.0169. The first-order chi connectivity index (χ1) is 24.7. The van der Waals surface area contributed by atoms with E-state index in [2.05, 4.69) is 10.3 Å². The Morgan fingerprint density at radius 1 is 0.320 bits per heavy atom. The Bertz CT molecular complexity index is 2820. The Morgan fingerprint density at radius 3 is 0.960 bits per heavy atom. The van der Waals surface area contributed by atoms with Crippen LogP contribution in [0.15, 0.2) is 176 Å². The van der Waals surface area contributed by atoms with Gasteiger partial charge in [0, 0.05) is 43.4 Å². The maximum absolute atomic E-state index is 13.1. The molecule has 0 N–H and O–H groups in total. The molecule has 0 radical (unpaired) electrons. The van der Waals surface area contributed by atoms with Crippen molar-refractivity contribution >= 4 is 64.9 Å². The molecule has 0 bridgehead atoms. The molecule has 0 spiro atoms. The van der Waals surface area contributed by atoms with Crippen LogP contribution >= 0.6 is 0 Å². The highest BCUT2D eigenvalue weighted by molar-refractivity contribution is 6.20. The van der Waals surface area contributed by atoms with Gasteiger partial charge in [-0.05, 0) is 10.8 Å². The zero-order valence-electron chi connectivity index (χ0n) is 26.5. The fourth-order valence-corrected chi connectivity index (χ4v) is 6.88. The molecule has 2 heterocycles. The maximum atomic E-state index is 13.1. The van der Waals surface area contributed by atoms with E-state index in [0.717, 1.165) is 43.4 Å². The topological polar surface area (TPSA) is 86.2 Å². The lowest BCUT2D eigenvalue weighted by molar-refractivity contribution is 0.441. The third-order valence-electron chi connectivity index (χ3n) is 9.19. The molecule has 0 aliphatic rings. The number of fused-ring (bicyclic) bond motifs is 10. The van der Waals surface area contributed by atoms with Gasteiger partial charge in [0.25, 0.3) is 0 Å². The highest BCUT2D eigenvalue weighted by atomic mass is 16.5. The summed E-state index contributed by atoms with van der Waals surface area (Å²) in [5, 5.41) is 16.4. The van der Waals surface area contributed by atoms with Gasteiger partial charge in [-0.1, -0.05) is 168 Å². The van der Waals surface area contributed by atoms with Gasteiger partial charge in [-0.15, -0.1) is 0 Å². The molecule has 6 nitrogen and oxygen atoms in total. The van der Waals surface area contributed by atoms with Crippen molar-refractivity contribution in [3.63, 3.8) is 0 Å². The molecule has 2 aromatic heterocycles. The van der Waals surface area contributed by atoms with E-state index in [4.69, 9.17) is 9.05 Å². The summed E-state index contributed by atoms with van der Waals surface area (Å²) in [6, 6.07) is 50.2. The van der Waals surface area contributed by atoms with Crippen LogP contribution in [0.5, 0.6) is 0 Å². The van der Waals surface area contributed by atoms with Crippen LogP contribution in [0, 0.1) is 0 Å². The summed E-state index contributed by atoms with van der Waals surface area (Å²) < 4.78 is 11.5. The standard InChI is InChI=1S/2C22H13NO2/c2*24-21-17-12-6-4-10-15(17)19-20(16-11-5-7-13-18(16)21)23-25-22(19)14-8-2-1-3-9-14/h2*1-13H. The van der Waals surface area contributed by atoms with Crippen molar-refractivity contribution in [3.8, 4) is 22.6 Å². The van der Waals surface area contributed by atoms with Crippen LogP contribution in [0.25, 0.3) is 87.5 Å². The highest BCUT2D eigenvalue weighted by Gasteiger charge is 2.19. The summed E-state index contributed by atoms with van der Waals surface area (Å²) >= 11 is 0. The van der Waals surface area contributed by atoms with Crippen molar-refractivity contribution in [2.75, 3.05) is 0 Å². The average molecular weight is 647 g/mol. The van der Waals surface area contributed by atoms with Crippen molar-refractivity contribution in [2.45, 2.75) is 0 Å². The van der Waals surface area contributed by atoms with E-state index in [0.29, 0.717) is 44.1 Å². The van der Waals surface area contributed by atoms with Crippen molar-refractivity contribution < 1.29 is 9.05 Å². The summed E-state index contributed by atoms with van der Waals surface area (Å²) in [5.74, 6) is 1.38. The van der Waals surface area contributed by atoms with Gasteiger partial charge in [-0.3, -0.25) is 9.59 Å². The molecule has 0 aliphatic heterocycles. The molecule has 0 saturated carbocycles. The van der Waals surface area contributed by atoms with Gasteiger partial charge in [0.1, 0.15) is 11.0 Å². The zero-order chi connectivity index (χ0) is 33.6. The predicted octanol–water partition coefficient (Wildman–Crippen LogP) is 10.3. The minimum absolute atomic E-state index is 0.0169. The SMILES string of the molecule is O=c1c2ccccc2c2noc(-c3ccccc3)c2c2ccccc12.O=c1c2ccccc2c2noc(-c3ccccc3)c2c2ccccc12. The Morgan fingerprint density at radius 2 is 0.600 bits per heavy atom. The molecule has 8 aromatic carbocycles. The normalized spacial score (nSPS) is 11.4. The van der Waals surface area contributed by atoms with Crippen LogP contribution in [0.3, 0.4) is 0 Å². The van der Waals surface area contributed by atoms with Gasteiger partial charge in [0.05, 0.1) is 10.8 Å². The van der Waals surface area contributed by atoms with E-state index in [1.165, 1.54) is 0 Å². The van der Waals surface area contributed by atoms with Crippen molar-refractivity contribution in [1.82, 2.24) is 10.3 Å². The second kappa shape index (κ2) is 12.0. The fraction of sp³-hybridized carbons (Fsp3) is 0. The second-order valence-electron chi connectivity index (χ2n) is 12.0. The van der Waals surface area contributed by atoms with Crippen LogP contribution in [0.4, 0.5) is 0 Å². The van der Waals surface area contributed by atoms with E-state index in [-0.39, 0.29) is 10.9 Å². The van der Waals surface area contributed by atoms with Gasteiger partial charge < -0.3 is 9.05 Å². The van der Waals surface area contributed by atoms with Gasteiger partial charge in [-0.2, -0.15) is 0 Å². The first-order valence-electron chi connectivity index (χ1n) is 16.3. The van der Waals surface area contributed by atoms with Crippen molar-refractivity contribution in [2.24, 2.45) is 0 Å². The third-order valence-corrected chi connectivity index (χ3v) is 9.19. The molecule has 0 amide bonds. The summed E-state index contributed by atoms with van der Waals surface area (Å²) in [6.07, 6.45) is 0. The molecule has 10 rings (SSSR count). The Kier molecular flexibility index (Phi) is 6.99. The lowest BCUT2D eigenvalue weighted by Gasteiger charge is -1.97. The molecule has 0 saturated heterocycles. The maximum Gasteiger partial charge on any atom is 0.194 e. The molecule has 236 valence electrons. The van der Waals surface area contributed by atoms with E-state index >= 15 is 0 Å². The lowest BCUT2D eigenvalue weighted by atomic mass is 10.0. The van der Waals surface area contributed by atoms with Crippen LogP contribution < -0.4 is 10.9 Å². The number of aromatic nitrogens is 2. The van der Waals surface area contributed by atoms with Gasteiger partial charge >= 0.3 is 0 Å². The molecule has 6 heteroatoms.